The number of nitrogens with one attached hydrogen (secondary N) is 1. The molecule has 3 N–H and O–H groups in total. The number of para-hydroxylation sites is 1. The topological polar surface area (TPSA) is 105 Å². The fourth-order valence-corrected chi connectivity index (χ4v) is 4.87. The summed E-state index contributed by atoms with van der Waals surface area (Å²) in [5.41, 5.74) is 6.67. The molecule has 2 amide bonds. The minimum absolute atomic E-state index is 0.00784. The maximum Gasteiger partial charge on any atom is 0.243 e. The van der Waals surface area contributed by atoms with Crippen molar-refractivity contribution in [2.24, 2.45) is 17.6 Å². The molecule has 0 bridgehead atoms. The first-order valence-electron chi connectivity index (χ1n) is 10.5. The number of hydrogen-bond donors (Lipinski definition) is 2. The van der Waals surface area contributed by atoms with Gasteiger partial charge in [0.05, 0.1) is 28.3 Å². The van der Waals surface area contributed by atoms with Crippen LogP contribution in [0, 0.1) is 11.8 Å². The second-order valence-corrected chi connectivity index (χ2v) is 9.59. The number of amides is 2. The van der Waals surface area contributed by atoms with E-state index in [0.717, 1.165) is 16.6 Å². The lowest BCUT2D eigenvalue weighted by Gasteiger charge is -2.33. The fourth-order valence-electron chi connectivity index (χ4n) is 3.93. The highest BCUT2D eigenvalue weighted by Crippen LogP contribution is 2.29. The van der Waals surface area contributed by atoms with E-state index in [4.69, 9.17) is 5.73 Å². The number of rotatable bonds is 7. The molecule has 1 aliphatic heterocycles. The Hall–Kier alpha value is -2.16. The van der Waals surface area contributed by atoms with E-state index >= 15 is 0 Å². The third-order valence-corrected chi connectivity index (χ3v) is 6.68. The van der Waals surface area contributed by atoms with Crippen LogP contribution < -0.4 is 11.1 Å². The van der Waals surface area contributed by atoms with Gasteiger partial charge in [-0.3, -0.25) is 24.6 Å². The summed E-state index contributed by atoms with van der Waals surface area (Å²) in [6.07, 6.45) is 1.39. The smallest absolute Gasteiger partial charge is 0.243 e. The first kappa shape index (κ1) is 22.5. The number of ketones is 1. The van der Waals surface area contributed by atoms with E-state index in [0.29, 0.717) is 18.0 Å². The van der Waals surface area contributed by atoms with Gasteiger partial charge in [0.1, 0.15) is 0 Å². The largest absolute Gasteiger partial charge is 0.320 e. The van der Waals surface area contributed by atoms with E-state index in [9.17, 15) is 14.4 Å². The van der Waals surface area contributed by atoms with Crippen molar-refractivity contribution in [3.05, 3.63) is 29.3 Å². The van der Waals surface area contributed by atoms with Crippen molar-refractivity contribution in [2.75, 3.05) is 6.54 Å². The van der Waals surface area contributed by atoms with Gasteiger partial charge in [0.2, 0.25) is 17.6 Å². The number of imide groups is 1. The second-order valence-electron chi connectivity index (χ2n) is 8.56. The summed E-state index contributed by atoms with van der Waals surface area (Å²) in [4.78, 5) is 45.0. The highest BCUT2D eigenvalue weighted by molar-refractivity contribution is 7.20. The number of carbonyl (C=O) groups is 3. The van der Waals surface area contributed by atoms with Crippen LogP contribution in [0.5, 0.6) is 0 Å². The van der Waals surface area contributed by atoms with Crippen LogP contribution in [0.3, 0.4) is 0 Å². The van der Waals surface area contributed by atoms with Gasteiger partial charge in [-0.25, -0.2) is 4.98 Å². The predicted octanol–water partition coefficient (Wildman–Crippen LogP) is 2.59. The molecular weight excluding hydrogens is 400 g/mol. The van der Waals surface area contributed by atoms with Crippen LogP contribution in [-0.4, -0.2) is 52.2 Å². The molecule has 7 nitrogen and oxygen atoms in total. The molecule has 1 aliphatic rings. The number of benzene rings is 1. The van der Waals surface area contributed by atoms with Gasteiger partial charge in [-0.2, -0.15) is 0 Å². The van der Waals surface area contributed by atoms with Crippen molar-refractivity contribution in [3.8, 4) is 0 Å². The third kappa shape index (κ3) is 4.61. The number of Topliss-reactive ketones (excluding diaryl/α,β-unsaturated/α-hetero) is 1. The monoisotopic (exact) mass is 430 g/mol. The molecule has 0 spiro atoms. The number of fused-ring (bicyclic) bond motifs is 1. The van der Waals surface area contributed by atoms with Crippen molar-refractivity contribution in [1.82, 2.24) is 15.2 Å². The molecule has 1 aromatic heterocycles. The van der Waals surface area contributed by atoms with Crippen molar-refractivity contribution in [1.29, 1.82) is 0 Å². The SMILES string of the molecule is CC(C)C(C(=O)c1nc2ccccc2s1)N1CCC[C@H]1C(=O)NC(=O)[C@@H](N)C(C)C. The quantitative estimate of drug-likeness (QED) is 0.654. The van der Waals surface area contributed by atoms with Gasteiger partial charge in [-0.15, -0.1) is 11.3 Å². The van der Waals surface area contributed by atoms with Crippen LogP contribution in [0.15, 0.2) is 24.3 Å². The molecule has 1 aromatic carbocycles. The van der Waals surface area contributed by atoms with E-state index in [1.54, 1.807) is 0 Å². The van der Waals surface area contributed by atoms with Crippen LogP contribution in [0.4, 0.5) is 0 Å². The zero-order valence-electron chi connectivity index (χ0n) is 17.9. The Bertz CT molecular complexity index is 906. The maximum atomic E-state index is 13.4. The van der Waals surface area contributed by atoms with Gasteiger partial charge in [0.25, 0.3) is 0 Å². The standard InChI is InChI=1S/C22H30N4O3S/c1-12(2)17(23)21(29)25-20(28)15-9-7-11-26(15)18(13(3)4)19(27)22-24-14-8-5-6-10-16(14)30-22/h5-6,8,10,12-13,15,17-18H,7,9,11,23H2,1-4H3,(H,25,28,29)/t15-,17-,18?/m0/s1. The number of carbonyl (C=O) groups excluding carboxylic acids is 3. The number of aromatic nitrogens is 1. The van der Waals surface area contributed by atoms with Gasteiger partial charge in [0, 0.05) is 0 Å². The first-order chi connectivity index (χ1) is 14.2. The second kappa shape index (κ2) is 9.32. The van der Waals surface area contributed by atoms with Crippen LogP contribution >= 0.6 is 11.3 Å². The minimum Gasteiger partial charge on any atom is -0.320 e. The molecule has 1 saturated heterocycles. The summed E-state index contributed by atoms with van der Waals surface area (Å²) in [5, 5.41) is 2.92. The van der Waals surface area contributed by atoms with Gasteiger partial charge >= 0.3 is 0 Å². The van der Waals surface area contributed by atoms with Crippen LogP contribution in [0.1, 0.15) is 50.3 Å². The normalized spacial score (nSPS) is 19.4. The number of likely N-dealkylation sites (tertiary alicyclic amines) is 1. The Morgan fingerprint density at radius 1 is 1.17 bits per heavy atom. The molecule has 0 saturated carbocycles. The van der Waals surface area contributed by atoms with E-state index in [1.807, 2.05) is 56.9 Å². The summed E-state index contributed by atoms with van der Waals surface area (Å²) in [5.74, 6) is -0.999. The van der Waals surface area contributed by atoms with Crippen molar-refractivity contribution in [2.45, 2.75) is 58.7 Å². The lowest BCUT2D eigenvalue weighted by molar-refractivity contribution is -0.134. The zero-order valence-corrected chi connectivity index (χ0v) is 18.7. The summed E-state index contributed by atoms with van der Waals surface area (Å²) >= 11 is 1.38. The van der Waals surface area contributed by atoms with E-state index in [1.165, 1.54) is 11.3 Å². The Morgan fingerprint density at radius 2 is 1.87 bits per heavy atom. The predicted molar refractivity (Wildman–Crippen MR) is 118 cm³/mol. The lowest BCUT2D eigenvalue weighted by Crippen LogP contribution is -2.55. The molecule has 8 heteroatoms. The first-order valence-corrected chi connectivity index (χ1v) is 11.3. The molecule has 2 aromatic rings. The van der Waals surface area contributed by atoms with Gasteiger partial charge in [-0.1, -0.05) is 39.8 Å². The van der Waals surface area contributed by atoms with E-state index in [2.05, 4.69) is 10.3 Å². The average molecular weight is 431 g/mol. The molecule has 0 radical (unpaired) electrons. The van der Waals surface area contributed by atoms with Crippen molar-refractivity contribution >= 4 is 39.2 Å². The van der Waals surface area contributed by atoms with Crippen LogP contribution in [0.2, 0.25) is 0 Å². The Labute approximate surface area is 181 Å². The number of nitrogens with zero attached hydrogens (tertiary/aromatic N) is 2. The molecule has 3 atom stereocenters. The Morgan fingerprint density at radius 3 is 2.50 bits per heavy atom. The molecule has 162 valence electrons. The van der Waals surface area contributed by atoms with Crippen LogP contribution in [-0.2, 0) is 9.59 Å². The molecular formula is C22H30N4O3S. The van der Waals surface area contributed by atoms with Gasteiger partial charge in [0.15, 0.2) is 5.01 Å². The number of hydrogen-bond acceptors (Lipinski definition) is 7. The van der Waals surface area contributed by atoms with Crippen molar-refractivity contribution < 1.29 is 14.4 Å². The van der Waals surface area contributed by atoms with Gasteiger partial charge < -0.3 is 5.73 Å². The molecule has 0 aliphatic carbocycles. The highest BCUT2D eigenvalue weighted by atomic mass is 32.1. The average Bonchev–Trinajstić information content (AvgIpc) is 3.34. The zero-order chi connectivity index (χ0) is 22.0. The Balaban J connectivity index is 1.81. The summed E-state index contributed by atoms with van der Waals surface area (Å²) in [7, 11) is 0. The fraction of sp³-hybridized carbons (Fsp3) is 0.545. The summed E-state index contributed by atoms with van der Waals surface area (Å²) in [6.45, 7) is 8.25. The summed E-state index contributed by atoms with van der Waals surface area (Å²) < 4.78 is 0.965. The van der Waals surface area contributed by atoms with Gasteiger partial charge in [-0.05, 0) is 43.4 Å². The molecule has 1 unspecified atom stereocenters. The molecule has 3 rings (SSSR count). The lowest BCUT2D eigenvalue weighted by atomic mass is 9.97. The highest BCUT2D eigenvalue weighted by Gasteiger charge is 2.41. The van der Waals surface area contributed by atoms with Crippen molar-refractivity contribution in [3.63, 3.8) is 0 Å². The molecule has 1 fully saturated rings. The van der Waals surface area contributed by atoms with E-state index in [-0.39, 0.29) is 23.5 Å². The number of thiazole rings is 1. The minimum atomic E-state index is -0.742. The van der Waals surface area contributed by atoms with E-state index < -0.39 is 24.0 Å². The Kier molecular flexibility index (Phi) is 7.00. The maximum absolute atomic E-state index is 13.4. The van der Waals surface area contributed by atoms with Crippen LogP contribution in [0.25, 0.3) is 10.2 Å². The third-order valence-electron chi connectivity index (χ3n) is 5.63. The molecule has 30 heavy (non-hydrogen) atoms. The number of nitrogens with two attached hydrogens (primary N) is 1. The molecule has 2 heterocycles. The summed E-state index contributed by atoms with van der Waals surface area (Å²) in [6, 6.07) is 5.92.